The lowest BCUT2D eigenvalue weighted by Gasteiger charge is -2.26. The quantitative estimate of drug-likeness (QED) is 0.671. The first-order chi connectivity index (χ1) is 6.70. The van der Waals surface area contributed by atoms with Crippen LogP contribution in [0.4, 0.5) is 0 Å². The van der Waals surface area contributed by atoms with Crippen molar-refractivity contribution in [1.82, 2.24) is 4.90 Å². The predicted molar refractivity (Wildman–Crippen MR) is 59.2 cm³/mol. The van der Waals surface area contributed by atoms with E-state index in [0.717, 1.165) is 25.8 Å². The standard InChI is InChI=1S/C11H24N2O/c1-2-11(12,10-14)6-5-9-13-7-3-4-8-13/h14H,2-10,12H2,1H3. The van der Waals surface area contributed by atoms with Crippen molar-refractivity contribution in [3.05, 3.63) is 0 Å². The Hall–Kier alpha value is -0.120. The predicted octanol–water partition coefficient (Wildman–Crippen LogP) is 0.962. The van der Waals surface area contributed by atoms with Crippen molar-refractivity contribution in [2.75, 3.05) is 26.2 Å². The first-order valence-electron chi connectivity index (χ1n) is 5.82. The molecule has 0 saturated carbocycles. The molecule has 3 heteroatoms. The van der Waals surface area contributed by atoms with E-state index in [4.69, 9.17) is 10.8 Å². The SMILES string of the molecule is CCC(N)(CO)CCCN1CCCC1. The van der Waals surface area contributed by atoms with Crippen molar-refractivity contribution in [2.45, 2.75) is 44.6 Å². The molecule has 1 heterocycles. The number of aliphatic hydroxyl groups excluding tert-OH is 1. The van der Waals surface area contributed by atoms with Crippen LogP contribution in [0.5, 0.6) is 0 Å². The summed E-state index contributed by atoms with van der Waals surface area (Å²) >= 11 is 0. The Labute approximate surface area is 87.3 Å². The van der Waals surface area contributed by atoms with Gasteiger partial charge in [0.2, 0.25) is 0 Å². The van der Waals surface area contributed by atoms with E-state index < -0.39 is 0 Å². The minimum absolute atomic E-state index is 0.115. The lowest BCUT2D eigenvalue weighted by molar-refractivity contribution is 0.174. The summed E-state index contributed by atoms with van der Waals surface area (Å²) in [7, 11) is 0. The van der Waals surface area contributed by atoms with Gasteiger partial charge in [-0.15, -0.1) is 0 Å². The third kappa shape index (κ3) is 3.56. The highest BCUT2D eigenvalue weighted by Crippen LogP contribution is 2.15. The molecule has 1 fully saturated rings. The molecular formula is C11H24N2O. The van der Waals surface area contributed by atoms with E-state index in [0.29, 0.717) is 0 Å². The number of hydrogen-bond donors (Lipinski definition) is 2. The summed E-state index contributed by atoms with van der Waals surface area (Å²) in [5.74, 6) is 0. The van der Waals surface area contributed by atoms with Gasteiger partial charge in [0.1, 0.15) is 0 Å². The van der Waals surface area contributed by atoms with Gasteiger partial charge in [0.15, 0.2) is 0 Å². The Morgan fingerprint density at radius 1 is 1.36 bits per heavy atom. The molecule has 1 aliphatic rings. The lowest BCUT2D eigenvalue weighted by Crippen LogP contribution is -2.43. The molecule has 0 aromatic carbocycles. The number of hydrogen-bond acceptors (Lipinski definition) is 3. The summed E-state index contributed by atoms with van der Waals surface area (Å²) < 4.78 is 0. The van der Waals surface area contributed by atoms with Crippen molar-refractivity contribution >= 4 is 0 Å². The topological polar surface area (TPSA) is 49.5 Å². The Kier molecular flexibility index (Phi) is 4.85. The highest BCUT2D eigenvalue weighted by atomic mass is 16.3. The fourth-order valence-corrected chi connectivity index (χ4v) is 2.03. The van der Waals surface area contributed by atoms with Gasteiger partial charge in [0.05, 0.1) is 6.61 Å². The molecule has 0 aromatic heterocycles. The molecule has 1 aliphatic heterocycles. The van der Waals surface area contributed by atoms with Gasteiger partial charge in [-0.25, -0.2) is 0 Å². The molecule has 0 amide bonds. The summed E-state index contributed by atoms with van der Waals surface area (Å²) in [5.41, 5.74) is 5.68. The molecule has 84 valence electrons. The summed E-state index contributed by atoms with van der Waals surface area (Å²) in [4.78, 5) is 2.49. The maximum Gasteiger partial charge on any atom is 0.0611 e. The fourth-order valence-electron chi connectivity index (χ4n) is 2.03. The molecule has 1 unspecified atom stereocenters. The van der Waals surface area contributed by atoms with Crippen LogP contribution in [0.1, 0.15) is 39.0 Å². The number of nitrogens with zero attached hydrogens (tertiary/aromatic N) is 1. The molecule has 0 aromatic rings. The number of nitrogens with two attached hydrogens (primary N) is 1. The second kappa shape index (κ2) is 5.69. The van der Waals surface area contributed by atoms with Crippen molar-refractivity contribution in [1.29, 1.82) is 0 Å². The Balaban J connectivity index is 2.12. The first-order valence-corrected chi connectivity index (χ1v) is 5.82. The van der Waals surface area contributed by atoms with E-state index in [1.807, 2.05) is 6.92 Å². The van der Waals surface area contributed by atoms with Crippen molar-refractivity contribution < 1.29 is 5.11 Å². The zero-order valence-corrected chi connectivity index (χ0v) is 9.34. The minimum atomic E-state index is -0.334. The van der Waals surface area contributed by atoms with Gasteiger partial charge >= 0.3 is 0 Å². The summed E-state index contributed by atoms with van der Waals surface area (Å²) in [6, 6.07) is 0. The van der Waals surface area contributed by atoms with Gasteiger partial charge in [-0.05, 0) is 51.7 Å². The van der Waals surface area contributed by atoms with E-state index in [-0.39, 0.29) is 12.1 Å². The summed E-state index contributed by atoms with van der Waals surface area (Å²) in [5, 5.41) is 9.14. The Morgan fingerprint density at radius 2 is 2.00 bits per heavy atom. The van der Waals surface area contributed by atoms with E-state index in [1.54, 1.807) is 0 Å². The molecular weight excluding hydrogens is 176 g/mol. The van der Waals surface area contributed by atoms with Crippen LogP contribution in [0.2, 0.25) is 0 Å². The second-order valence-electron chi connectivity index (χ2n) is 4.53. The average Bonchev–Trinajstić information content (AvgIpc) is 2.70. The molecule has 0 bridgehead atoms. The minimum Gasteiger partial charge on any atom is -0.394 e. The maximum atomic E-state index is 9.14. The smallest absolute Gasteiger partial charge is 0.0611 e. The molecule has 0 radical (unpaired) electrons. The van der Waals surface area contributed by atoms with Crippen LogP contribution in [0.25, 0.3) is 0 Å². The van der Waals surface area contributed by atoms with Gasteiger partial charge in [0, 0.05) is 5.54 Å². The van der Waals surface area contributed by atoms with Crippen LogP contribution in [-0.2, 0) is 0 Å². The normalized spacial score (nSPS) is 22.5. The first kappa shape index (κ1) is 12.0. The number of aliphatic hydroxyl groups is 1. The van der Waals surface area contributed by atoms with E-state index >= 15 is 0 Å². The molecule has 14 heavy (non-hydrogen) atoms. The highest BCUT2D eigenvalue weighted by molar-refractivity contribution is 4.82. The Bertz CT molecular complexity index is 151. The molecule has 0 aliphatic carbocycles. The molecule has 1 saturated heterocycles. The third-order valence-corrected chi connectivity index (χ3v) is 3.37. The van der Waals surface area contributed by atoms with Crippen LogP contribution in [0.15, 0.2) is 0 Å². The highest BCUT2D eigenvalue weighted by Gasteiger charge is 2.21. The van der Waals surface area contributed by atoms with Crippen molar-refractivity contribution in [2.24, 2.45) is 5.73 Å². The molecule has 1 atom stereocenters. The molecule has 3 N–H and O–H groups in total. The molecule has 1 rings (SSSR count). The number of likely N-dealkylation sites (tertiary alicyclic amines) is 1. The molecule has 3 nitrogen and oxygen atoms in total. The maximum absolute atomic E-state index is 9.14. The largest absolute Gasteiger partial charge is 0.394 e. The zero-order valence-electron chi connectivity index (χ0n) is 9.34. The monoisotopic (exact) mass is 200 g/mol. The lowest BCUT2D eigenvalue weighted by atomic mass is 9.92. The van der Waals surface area contributed by atoms with Crippen LogP contribution in [0.3, 0.4) is 0 Å². The van der Waals surface area contributed by atoms with Crippen LogP contribution >= 0.6 is 0 Å². The van der Waals surface area contributed by atoms with E-state index in [2.05, 4.69) is 4.90 Å². The van der Waals surface area contributed by atoms with Gasteiger partial charge in [-0.2, -0.15) is 0 Å². The van der Waals surface area contributed by atoms with Gasteiger partial charge in [-0.1, -0.05) is 6.92 Å². The number of rotatable bonds is 6. The van der Waals surface area contributed by atoms with E-state index in [1.165, 1.54) is 25.9 Å². The fraction of sp³-hybridized carbons (Fsp3) is 1.00. The van der Waals surface area contributed by atoms with Gasteiger partial charge < -0.3 is 15.7 Å². The van der Waals surface area contributed by atoms with Crippen LogP contribution in [0, 0.1) is 0 Å². The van der Waals surface area contributed by atoms with Gasteiger partial charge in [0.25, 0.3) is 0 Å². The average molecular weight is 200 g/mol. The second-order valence-corrected chi connectivity index (χ2v) is 4.53. The zero-order chi connectivity index (χ0) is 10.4. The summed E-state index contributed by atoms with van der Waals surface area (Å²) in [6.07, 6.45) is 5.62. The third-order valence-electron chi connectivity index (χ3n) is 3.37. The van der Waals surface area contributed by atoms with Crippen molar-refractivity contribution in [3.8, 4) is 0 Å². The Morgan fingerprint density at radius 3 is 2.50 bits per heavy atom. The summed E-state index contributed by atoms with van der Waals surface area (Å²) in [6.45, 7) is 5.82. The molecule has 0 spiro atoms. The van der Waals surface area contributed by atoms with Gasteiger partial charge in [-0.3, -0.25) is 0 Å². The van der Waals surface area contributed by atoms with E-state index in [9.17, 15) is 0 Å². The van der Waals surface area contributed by atoms with Crippen LogP contribution < -0.4 is 5.73 Å². The van der Waals surface area contributed by atoms with Crippen molar-refractivity contribution in [3.63, 3.8) is 0 Å². The van der Waals surface area contributed by atoms with Crippen LogP contribution in [-0.4, -0.2) is 41.8 Å².